The third-order valence-corrected chi connectivity index (χ3v) is 6.26. The van der Waals surface area contributed by atoms with Crippen molar-refractivity contribution in [1.29, 1.82) is 0 Å². The predicted octanol–water partition coefficient (Wildman–Crippen LogP) is 3.74. The Morgan fingerprint density at radius 2 is 1.04 bits per heavy atom. The molecule has 0 aliphatic heterocycles. The molecule has 3 aromatic rings. The van der Waals surface area contributed by atoms with E-state index >= 15 is 0 Å². The van der Waals surface area contributed by atoms with Crippen LogP contribution < -0.4 is 11.5 Å². The molecule has 0 saturated heterocycles. The minimum Gasteiger partial charge on any atom is -0.397 e. The zero-order valence-electron chi connectivity index (χ0n) is 12.6. The van der Waals surface area contributed by atoms with Crippen molar-refractivity contribution in [3.05, 3.63) is 94.0 Å². The normalized spacial score (nSPS) is 27.7. The molecule has 3 aliphatic carbocycles. The average Bonchev–Trinajstić information content (AvgIpc) is 2.73. The highest BCUT2D eigenvalue weighted by atomic mass is 14.7. The molecule has 23 heavy (non-hydrogen) atoms. The average molecular weight is 296 g/mol. The van der Waals surface area contributed by atoms with Gasteiger partial charge in [0.1, 0.15) is 0 Å². The van der Waals surface area contributed by atoms with Gasteiger partial charge < -0.3 is 11.5 Å². The molecule has 0 aromatic heterocycles. The minimum atomic E-state index is 0.121. The van der Waals surface area contributed by atoms with Crippen molar-refractivity contribution in [1.82, 2.24) is 0 Å². The molecule has 3 aliphatic rings. The second kappa shape index (κ2) is 3.43. The molecule has 1 spiro atoms. The molecule has 0 saturated carbocycles. The molecule has 0 bridgehead atoms. The second-order valence-corrected chi connectivity index (χ2v) is 7.02. The Bertz CT molecular complexity index is 936. The molecule has 110 valence electrons. The Balaban J connectivity index is 1.75. The fraction of sp³-hybridized carbons (Fsp3) is 0.143. The van der Waals surface area contributed by atoms with E-state index in [1.165, 1.54) is 33.4 Å². The van der Waals surface area contributed by atoms with Crippen LogP contribution in [0.2, 0.25) is 0 Å². The smallest absolute Gasteiger partial charge is 0.0550 e. The topological polar surface area (TPSA) is 52.0 Å². The molecule has 0 radical (unpaired) electrons. The van der Waals surface area contributed by atoms with Crippen LogP contribution in [0.4, 0.5) is 11.4 Å². The highest BCUT2D eigenvalue weighted by Crippen LogP contribution is 2.77. The van der Waals surface area contributed by atoms with Gasteiger partial charge in [-0.15, -0.1) is 0 Å². The zero-order chi connectivity index (χ0) is 15.3. The quantitative estimate of drug-likeness (QED) is 0.621. The first-order valence-corrected chi connectivity index (χ1v) is 8.12. The molecule has 2 heteroatoms. The van der Waals surface area contributed by atoms with Crippen molar-refractivity contribution in [2.24, 2.45) is 0 Å². The molecule has 2 atom stereocenters. The van der Waals surface area contributed by atoms with Gasteiger partial charge in [-0.2, -0.15) is 0 Å². The highest BCUT2D eigenvalue weighted by Gasteiger charge is 2.69. The SMILES string of the molecule is Nc1cc2c(cc1N)C1c3ccccc3C13c1ccccc1C23. The van der Waals surface area contributed by atoms with E-state index in [9.17, 15) is 0 Å². The van der Waals surface area contributed by atoms with Gasteiger partial charge >= 0.3 is 0 Å². The molecule has 0 amide bonds. The summed E-state index contributed by atoms with van der Waals surface area (Å²) >= 11 is 0. The maximum absolute atomic E-state index is 6.13. The maximum Gasteiger partial charge on any atom is 0.0550 e. The second-order valence-electron chi connectivity index (χ2n) is 7.02. The number of hydrogen-bond donors (Lipinski definition) is 2. The maximum atomic E-state index is 6.13. The van der Waals surface area contributed by atoms with Crippen LogP contribution in [0.15, 0.2) is 60.7 Å². The Morgan fingerprint density at radius 1 is 0.609 bits per heavy atom. The van der Waals surface area contributed by atoms with Crippen molar-refractivity contribution >= 4 is 11.4 Å². The molecule has 4 N–H and O–H groups in total. The van der Waals surface area contributed by atoms with Gasteiger partial charge in [-0.25, -0.2) is 0 Å². The van der Waals surface area contributed by atoms with E-state index in [0.29, 0.717) is 23.2 Å². The Labute approximate surface area is 134 Å². The van der Waals surface area contributed by atoms with E-state index in [0.717, 1.165) is 0 Å². The van der Waals surface area contributed by atoms with E-state index in [4.69, 9.17) is 11.5 Å². The van der Waals surface area contributed by atoms with E-state index in [1.807, 2.05) is 0 Å². The summed E-state index contributed by atoms with van der Waals surface area (Å²) in [5.41, 5.74) is 22.4. The fourth-order valence-corrected chi connectivity index (χ4v) is 5.51. The summed E-state index contributed by atoms with van der Waals surface area (Å²) < 4.78 is 0. The van der Waals surface area contributed by atoms with Crippen molar-refractivity contribution in [3.8, 4) is 0 Å². The van der Waals surface area contributed by atoms with Gasteiger partial charge in [-0.05, 0) is 45.5 Å². The van der Waals surface area contributed by atoms with E-state index < -0.39 is 0 Å². The van der Waals surface area contributed by atoms with Crippen LogP contribution in [0.5, 0.6) is 0 Å². The van der Waals surface area contributed by atoms with Gasteiger partial charge in [0, 0.05) is 17.3 Å². The van der Waals surface area contributed by atoms with E-state index in [2.05, 4.69) is 60.7 Å². The molecule has 2 nitrogen and oxygen atoms in total. The summed E-state index contributed by atoms with van der Waals surface area (Å²) in [6.07, 6.45) is 0. The molecule has 6 rings (SSSR count). The first-order chi connectivity index (χ1) is 11.2. The van der Waals surface area contributed by atoms with Crippen molar-refractivity contribution < 1.29 is 0 Å². The Hall–Kier alpha value is -2.74. The van der Waals surface area contributed by atoms with Crippen LogP contribution in [-0.4, -0.2) is 0 Å². The van der Waals surface area contributed by atoms with Gasteiger partial charge in [-0.1, -0.05) is 48.5 Å². The lowest BCUT2D eigenvalue weighted by molar-refractivity contribution is 0.333. The van der Waals surface area contributed by atoms with Crippen LogP contribution in [0, 0.1) is 0 Å². The lowest BCUT2D eigenvalue weighted by Crippen LogP contribution is -2.52. The summed E-state index contributed by atoms with van der Waals surface area (Å²) in [6, 6.07) is 22.0. The molecule has 3 aromatic carbocycles. The Morgan fingerprint density at radius 3 is 1.52 bits per heavy atom. The third kappa shape index (κ3) is 1.01. The van der Waals surface area contributed by atoms with Crippen molar-refractivity contribution in [3.63, 3.8) is 0 Å². The van der Waals surface area contributed by atoms with E-state index in [1.54, 1.807) is 0 Å². The van der Waals surface area contributed by atoms with Crippen LogP contribution in [0.1, 0.15) is 45.2 Å². The first-order valence-electron chi connectivity index (χ1n) is 8.12. The number of nitrogen functional groups attached to an aromatic ring is 2. The van der Waals surface area contributed by atoms with Crippen LogP contribution >= 0.6 is 0 Å². The van der Waals surface area contributed by atoms with Crippen LogP contribution in [0.25, 0.3) is 0 Å². The molecular formula is C21H16N2. The predicted molar refractivity (Wildman–Crippen MR) is 92.6 cm³/mol. The lowest BCUT2D eigenvalue weighted by atomic mass is 9.43. The third-order valence-electron chi connectivity index (χ3n) is 6.26. The first kappa shape index (κ1) is 11.8. The van der Waals surface area contributed by atoms with Gasteiger partial charge in [0.15, 0.2) is 0 Å². The summed E-state index contributed by atoms with van der Waals surface area (Å²) in [5.74, 6) is 0.855. The molecule has 2 unspecified atom stereocenters. The summed E-state index contributed by atoms with van der Waals surface area (Å²) in [7, 11) is 0. The number of rotatable bonds is 0. The highest BCUT2D eigenvalue weighted by molar-refractivity contribution is 5.82. The van der Waals surface area contributed by atoms with Gasteiger partial charge in [-0.3, -0.25) is 0 Å². The monoisotopic (exact) mass is 296 g/mol. The number of nitrogens with two attached hydrogens (primary N) is 2. The minimum absolute atomic E-state index is 0.121. The summed E-state index contributed by atoms with van der Waals surface area (Å²) in [6.45, 7) is 0. The molecule has 0 fully saturated rings. The summed E-state index contributed by atoms with van der Waals surface area (Å²) in [5, 5.41) is 0. The van der Waals surface area contributed by atoms with Crippen molar-refractivity contribution in [2.45, 2.75) is 17.3 Å². The number of fused-ring (bicyclic) bond motifs is 7. The largest absolute Gasteiger partial charge is 0.397 e. The van der Waals surface area contributed by atoms with E-state index in [-0.39, 0.29) is 5.41 Å². The van der Waals surface area contributed by atoms with Gasteiger partial charge in [0.2, 0.25) is 0 Å². The summed E-state index contributed by atoms with van der Waals surface area (Å²) in [4.78, 5) is 0. The van der Waals surface area contributed by atoms with Crippen LogP contribution in [0.3, 0.4) is 0 Å². The van der Waals surface area contributed by atoms with Gasteiger partial charge in [0.25, 0.3) is 0 Å². The number of anilines is 2. The molecule has 0 heterocycles. The fourth-order valence-electron chi connectivity index (χ4n) is 5.51. The Kier molecular flexibility index (Phi) is 1.76. The van der Waals surface area contributed by atoms with Crippen molar-refractivity contribution in [2.75, 3.05) is 11.5 Å². The number of benzene rings is 3. The molecular weight excluding hydrogens is 280 g/mol. The standard InChI is InChI=1S/C21H16N2/c22-17-9-13-14(10-18(17)23)20-12-6-2-4-8-16(12)21(20)15-7-3-1-5-11(15)19(13)21/h1-10,19-20H,22-23H2. The zero-order valence-corrected chi connectivity index (χ0v) is 12.6. The lowest BCUT2D eigenvalue weighted by Gasteiger charge is -2.58. The van der Waals surface area contributed by atoms with Crippen LogP contribution in [-0.2, 0) is 5.41 Å². The number of hydrogen-bond acceptors (Lipinski definition) is 2. The van der Waals surface area contributed by atoms with Gasteiger partial charge in [0.05, 0.1) is 11.4 Å².